The van der Waals surface area contributed by atoms with E-state index in [1.807, 2.05) is 0 Å². The van der Waals surface area contributed by atoms with E-state index in [4.69, 9.17) is 17.3 Å². The zero-order valence-corrected chi connectivity index (χ0v) is 12.0. The summed E-state index contributed by atoms with van der Waals surface area (Å²) in [6.45, 7) is 0. The Labute approximate surface area is 127 Å². The Hall–Kier alpha value is -2.13. The summed E-state index contributed by atoms with van der Waals surface area (Å²) in [5, 5.41) is 12.7. The van der Waals surface area contributed by atoms with Crippen LogP contribution in [-0.2, 0) is 9.59 Å². The number of nitrogens with two attached hydrogens (primary N) is 1. The number of anilines is 1. The van der Waals surface area contributed by atoms with Gasteiger partial charge in [-0.2, -0.15) is 4.99 Å². The van der Waals surface area contributed by atoms with E-state index in [1.165, 1.54) is 12.1 Å². The second kappa shape index (κ2) is 6.10. The molecule has 0 saturated heterocycles. The van der Waals surface area contributed by atoms with Crippen molar-refractivity contribution >= 4 is 51.7 Å². The van der Waals surface area contributed by atoms with Crippen molar-refractivity contribution in [1.82, 2.24) is 0 Å². The molecule has 0 bridgehead atoms. The second-order valence-corrected chi connectivity index (χ2v) is 5.70. The fourth-order valence-electron chi connectivity index (χ4n) is 1.64. The Morgan fingerprint density at radius 2 is 2.29 bits per heavy atom. The molecule has 8 nitrogen and oxygen atoms in total. The Morgan fingerprint density at radius 3 is 2.86 bits per heavy atom. The lowest BCUT2D eigenvalue weighted by Crippen LogP contribution is -2.21. The number of nitro groups is 1. The maximum atomic E-state index is 11.8. The first-order valence-corrected chi connectivity index (χ1v) is 6.91. The molecular weight excluding hydrogens is 320 g/mol. The first-order chi connectivity index (χ1) is 9.86. The zero-order chi connectivity index (χ0) is 15.6. The van der Waals surface area contributed by atoms with E-state index in [9.17, 15) is 19.7 Å². The molecule has 21 heavy (non-hydrogen) atoms. The largest absolute Gasteiger partial charge is 0.378 e. The summed E-state index contributed by atoms with van der Waals surface area (Å²) >= 11 is 6.68. The minimum absolute atomic E-state index is 0.0271. The van der Waals surface area contributed by atoms with Gasteiger partial charge in [-0.3, -0.25) is 19.7 Å². The third-order valence-electron chi connectivity index (χ3n) is 2.56. The highest BCUT2D eigenvalue weighted by Crippen LogP contribution is 2.28. The monoisotopic (exact) mass is 328 g/mol. The molecule has 110 valence electrons. The van der Waals surface area contributed by atoms with Crippen molar-refractivity contribution in [3.63, 3.8) is 0 Å². The van der Waals surface area contributed by atoms with Crippen molar-refractivity contribution in [1.29, 1.82) is 0 Å². The summed E-state index contributed by atoms with van der Waals surface area (Å²) in [5.74, 6) is -0.933. The zero-order valence-electron chi connectivity index (χ0n) is 10.4. The molecular formula is C11H9ClN4O4S. The molecule has 10 heteroatoms. The van der Waals surface area contributed by atoms with E-state index in [0.29, 0.717) is 0 Å². The second-order valence-electron chi connectivity index (χ2n) is 4.07. The van der Waals surface area contributed by atoms with E-state index in [1.54, 1.807) is 0 Å². The minimum Gasteiger partial charge on any atom is -0.378 e. The normalized spacial score (nSPS) is 17.5. The third-order valence-corrected chi connectivity index (χ3v) is 3.86. The fourth-order valence-corrected chi connectivity index (χ4v) is 2.65. The Morgan fingerprint density at radius 1 is 1.57 bits per heavy atom. The van der Waals surface area contributed by atoms with Crippen molar-refractivity contribution in [2.24, 2.45) is 10.7 Å². The molecule has 2 rings (SSSR count). The molecule has 3 N–H and O–H groups in total. The van der Waals surface area contributed by atoms with E-state index >= 15 is 0 Å². The molecule has 1 aromatic rings. The highest BCUT2D eigenvalue weighted by Gasteiger charge is 2.29. The van der Waals surface area contributed by atoms with E-state index < -0.39 is 22.0 Å². The summed E-state index contributed by atoms with van der Waals surface area (Å²) in [7, 11) is 0. The number of rotatable bonds is 4. The van der Waals surface area contributed by atoms with Crippen molar-refractivity contribution in [3.8, 4) is 0 Å². The number of hydrogen-bond acceptors (Lipinski definition) is 6. The lowest BCUT2D eigenvalue weighted by Gasteiger charge is -2.08. The molecule has 1 aliphatic heterocycles. The molecule has 2 amide bonds. The van der Waals surface area contributed by atoms with E-state index in [2.05, 4.69) is 10.3 Å². The highest BCUT2D eigenvalue weighted by molar-refractivity contribution is 8.15. The summed E-state index contributed by atoms with van der Waals surface area (Å²) in [4.78, 5) is 36.8. The number of nitrogens with one attached hydrogen (secondary N) is 1. The lowest BCUT2D eigenvalue weighted by molar-refractivity contribution is -0.384. The smallest absolute Gasteiger partial charge is 0.289 e. The van der Waals surface area contributed by atoms with Crippen LogP contribution in [0.25, 0.3) is 0 Å². The van der Waals surface area contributed by atoms with Gasteiger partial charge in [-0.25, -0.2) is 0 Å². The number of thioether (sulfide) groups is 1. The molecule has 0 radical (unpaired) electrons. The molecule has 0 unspecified atom stereocenters. The molecule has 0 fully saturated rings. The number of benzene rings is 1. The van der Waals surface area contributed by atoms with E-state index in [-0.39, 0.29) is 28.0 Å². The number of nitrogens with zero attached hydrogens (tertiary/aromatic N) is 2. The van der Waals surface area contributed by atoms with Crippen LogP contribution in [0.15, 0.2) is 23.2 Å². The summed E-state index contributed by atoms with van der Waals surface area (Å²) in [6, 6.07) is 3.89. The molecule has 1 heterocycles. The minimum atomic E-state index is -0.660. The number of nitro benzene ring substituents is 1. The van der Waals surface area contributed by atoms with Crippen LogP contribution in [0.4, 0.5) is 11.4 Å². The predicted octanol–water partition coefficient (Wildman–Crippen LogP) is 1.53. The number of amides is 2. The van der Waals surface area contributed by atoms with Gasteiger partial charge in [0.15, 0.2) is 5.17 Å². The summed E-state index contributed by atoms with van der Waals surface area (Å²) in [6.07, 6.45) is -0.121. The van der Waals surface area contributed by atoms with Gasteiger partial charge >= 0.3 is 0 Å². The van der Waals surface area contributed by atoms with Gasteiger partial charge < -0.3 is 11.1 Å². The van der Waals surface area contributed by atoms with Gasteiger partial charge in [-0.15, -0.1) is 0 Å². The number of carbonyl (C=O) groups excluding carboxylic acids is 2. The van der Waals surface area contributed by atoms with Gasteiger partial charge in [0.25, 0.3) is 11.6 Å². The number of carbonyl (C=O) groups is 2. The van der Waals surface area contributed by atoms with Crippen LogP contribution in [0.5, 0.6) is 0 Å². The highest BCUT2D eigenvalue weighted by atomic mass is 35.5. The Kier molecular flexibility index (Phi) is 4.43. The maximum Gasteiger partial charge on any atom is 0.289 e. The molecule has 0 saturated carbocycles. The van der Waals surface area contributed by atoms with Crippen LogP contribution in [0.3, 0.4) is 0 Å². The fraction of sp³-hybridized carbons (Fsp3) is 0.182. The van der Waals surface area contributed by atoms with Crippen LogP contribution in [0.1, 0.15) is 6.42 Å². The molecule has 0 aromatic heterocycles. The first-order valence-electron chi connectivity index (χ1n) is 5.65. The van der Waals surface area contributed by atoms with Crippen LogP contribution in [0, 0.1) is 10.1 Å². The summed E-state index contributed by atoms with van der Waals surface area (Å²) in [5.41, 5.74) is 5.30. The van der Waals surface area contributed by atoms with Crippen LogP contribution >= 0.6 is 23.4 Å². The van der Waals surface area contributed by atoms with Gasteiger partial charge in [0.1, 0.15) is 10.3 Å². The SMILES string of the molecule is NC1=NC(=O)[C@H](CC(=O)Nc2ccc(Cl)c([N+](=O)[O-])c2)S1. The standard InChI is InChI=1S/C11H9ClN4O4S/c12-6-2-1-5(3-7(6)16(19)20)14-9(17)4-8-10(18)15-11(13)21-8/h1-3,8H,4H2,(H,14,17)(H2,13,15,18)/t8-/m0/s1. The molecule has 1 aliphatic rings. The number of hydrogen-bond donors (Lipinski definition) is 2. The molecule has 1 aromatic carbocycles. The Balaban J connectivity index is 2.02. The number of halogens is 1. The molecule has 1 atom stereocenters. The predicted molar refractivity (Wildman–Crippen MR) is 79.4 cm³/mol. The van der Waals surface area contributed by atoms with Crippen molar-refractivity contribution in [2.75, 3.05) is 5.32 Å². The molecule has 0 spiro atoms. The summed E-state index contributed by atoms with van der Waals surface area (Å²) < 4.78 is 0. The van der Waals surface area contributed by atoms with Gasteiger partial charge in [0.2, 0.25) is 5.91 Å². The maximum absolute atomic E-state index is 11.8. The average Bonchev–Trinajstić information content (AvgIpc) is 2.69. The van der Waals surface area contributed by atoms with Gasteiger partial charge in [-0.05, 0) is 12.1 Å². The van der Waals surface area contributed by atoms with Gasteiger partial charge in [-0.1, -0.05) is 23.4 Å². The van der Waals surface area contributed by atoms with Crippen LogP contribution < -0.4 is 11.1 Å². The van der Waals surface area contributed by atoms with E-state index in [0.717, 1.165) is 17.8 Å². The van der Waals surface area contributed by atoms with Crippen molar-refractivity contribution < 1.29 is 14.5 Å². The van der Waals surface area contributed by atoms with Crippen LogP contribution in [-0.4, -0.2) is 27.2 Å². The first kappa shape index (κ1) is 15.3. The topological polar surface area (TPSA) is 128 Å². The van der Waals surface area contributed by atoms with Gasteiger partial charge in [0.05, 0.1) is 4.92 Å². The molecule has 0 aliphatic carbocycles. The van der Waals surface area contributed by atoms with Crippen molar-refractivity contribution in [3.05, 3.63) is 33.3 Å². The quantitative estimate of drug-likeness (QED) is 0.637. The Bertz CT molecular complexity index is 664. The number of aliphatic imine (C=N–C) groups is 1. The lowest BCUT2D eigenvalue weighted by atomic mass is 10.2. The van der Waals surface area contributed by atoms with Gasteiger partial charge in [0, 0.05) is 18.2 Å². The third kappa shape index (κ3) is 3.70. The number of amidine groups is 1. The van der Waals surface area contributed by atoms with Crippen LogP contribution in [0.2, 0.25) is 5.02 Å². The van der Waals surface area contributed by atoms with Crippen molar-refractivity contribution in [2.45, 2.75) is 11.7 Å². The average molecular weight is 329 g/mol.